The summed E-state index contributed by atoms with van der Waals surface area (Å²) in [5, 5.41) is 3.01. The number of anilines is 1. The summed E-state index contributed by atoms with van der Waals surface area (Å²) >= 11 is 0. The summed E-state index contributed by atoms with van der Waals surface area (Å²) in [4.78, 5) is 30.0. The third-order valence-corrected chi connectivity index (χ3v) is 9.59. The summed E-state index contributed by atoms with van der Waals surface area (Å²) in [6.07, 6.45) is 1.97. The van der Waals surface area contributed by atoms with Crippen LogP contribution in [0.3, 0.4) is 0 Å². The maximum atomic E-state index is 14.6. The summed E-state index contributed by atoms with van der Waals surface area (Å²) in [5.74, 6) is -0.347. The number of nitrogens with one attached hydrogen (secondary N) is 1. The Morgan fingerprint density at radius 3 is 2.11 bits per heavy atom. The summed E-state index contributed by atoms with van der Waals surface area (Å²) < 4.78 is 34.9. The Morgan fingerprint density at radius 1 is 0.826 bits per heavy atom. The van der Waals surface area contributed by atoms with Crippen molar-refractivity contribution < 1.29 is 22.7 Å². The molecule has 1 unspecified atom stereocenters. The van der Waals surface area contributed by atoms with E-state index in [0.717, 1.165) is 39.4 Å². The molecule has 4 rings (SSSR count). The first-order chi connectivity index (χ1) is 22.1. The Kier molecular flexibility index (Phi) is 12.0. The number of rotatable bonds is 15. The summed E-state index contributed by atoms with van der Waals surface area (Å²) in [5.41, 5.74) is 3.96. The summed E-state index contributed by atoms with van der Waals surface area (Å²) in [7, 11) is -2.70. The number of hydrogen-bond donors (Lipinski definition) is 1. The van der Waals surface area contributed by atoms with Gasteiger partial charge < -0.3 is 15.0 Å². The molecule has 0 heterocycles. The lowest BCUT2D eigenvalue weighted by atomic mass is 10.0. The molecule has 0 aliphatic rings. The van der Waals surface area contributed by atoms with Crippen molar-refractivity contribution in [3.8, 4) is 5.75 Å². The normalized spacial score (nSPS) is 11.8. The average molecular weight is 642 g/mol. The van der Waals surface area contributed by atoms with Crippen molar-refractivity contribution in [3.63, 3.8) is 0 Å². The maximum absolute atomic E-state index is 14.6. The Morgan fingerprint density at radius 2 is 1.48 bits per heavy atom. The second-order valence-electron chi connectivity index (χ2n) is 11.4. The van der Waals surface area contributed by atoms with Crippen LogP contribution in [0.1, 0.15) is 42.0 Å². The topological polar surface area (TPSA) is 96.0 Å². The first-order valence-corrected chi connectivity index (χ1v) is 17.0. The van der Waals surface area contributed by atoms with E-state index in [9.17, 15) is 18.0 Å². The molecule has 8 nitrogen and oxygen atoms in total. The van der Waals surface area contributed by atoms with Gasteiger partial charge in [0.25, 0.3) is 10.0 Å². The number of unbranched alkanes of at least 4 members (excludes halogenated alkanes) is 1. The van der Waals surface area contributed by atoms with Crippen LogP contribution in [0.5, 0.6) is 5.75 Å². The van der Waals surface area contributed by atoms with Crippen molar-refractivity contribution in [2.75, 3.05) is 24.5 Å². The lowest BCUT2D eigenvalue weighted by Crippen LogP contribution is -2.53. The zero-order valence-electron chi connectivity index (χ0n) is 27.0. The highest BCUT2D eigenvalue weighted by molar-refractivity contribution is 7.92. The Hall–Kier alpha value is -4.63. The molecule has 242 valence electrons. The van der Waals surface area contributed by atoms with Crippen molar-refractivity contribution in [2.24, 2.45) is 0 Å². The molecule has 9 heteroatoms. The molecule has 0 aliphatic heterocycles. The highest BCUT2D eigenvalue weighted by Gasteiger charge is 2.34. The second-order valence-corrected chi connectivity index (χ2v) is 13.2. The third-order valence-electron chi connectivity index (χ3n) is 7.80. The smallest absolute Gasteiger partial charge is 0.264 e. The van der Waals surface area contributed by atoms with E-state index in [2.05, 4.69) is 5.32 Å². The van der Waals surface area contributed by atoms with Gasteiger partial charge in [-0.25, -0.2) is 8.42 Å². The zero-order chi connectivity index (χ0) is 33.1. The number of hydrogen-bond acceptors (Lipinski definition) is 5. The van der Waals surface area contributed by atoms with E-state index >= 15 is 0 Å². The zero-order valence-corrected chi connectivity index (χ0v) is 27.8. The molecule has 4 aromatic rings. The Bertz CT molecular complexity index is 1690. The molecule has 0 saturated heterocycles. The van der Waals surface area contributed by atoms with Gasteiger partial charge in [0, 0.05) is 25.6 Å². The van der Waals surface area contributed by atoms with Crippen LogP contribution in [0.15, 0.2) is 108 Å². The van der Waals surface area contributed by atoms with Crippen LogP contribution in [0.25, 0.3) is 0 Å². The second kappa shape index (κ2) is 16.1. The molecule has 0 radical (unpaired) electrons. The highest BCUT2D eigenvalue weighted by Crippen LogP contribution is 2.28. The molecule has 2 amide bonds. The lowest BCUT2D eigenvalue weighted by Gasteiger charge is -2.34. The molecule has 0 bridgehead atoms. The fraction of sp³-hybridized carbons (Fsp3) is 0.297. The molecule has 0 spiro atoms. The van der Waals surface area contributed by atoms with Crippen LogP contribution in [0, 0.1) is 13.8 Å². The largest absolute Gasteiger partial charge is 0.497 e. The fourth-order valence-corrected chi connectivity index (χ4v) is 6.49. The molecule has 46 heavy (non-hydrogen) atoms. The van der Waals surface area contributed by atoms with Gasteiger partial charge in [0.1, 0.15) is 18.3 Å². The van der Waals surface area contributed by atoms with E-state index in [-0.39, 0.29) is 29.5 Å². The van der Waals surface area contributed by atoms with E-state index in [4.69, 9.17) is 4.74 Å². The van der Waals surface area contributed by atoms with Gasteiger partial charge in [-0.05, 0) is 55.7 Å². The van der Waals surface area contributed by atoms with Gasteiger partial charge in [-0.2, -0.15) is 0 Å². The van der Waals surface area contributed by atoms with Crippen LogP contribution < -0.4 is 14.4 Å². The molecule has 4 aromatic carbocycles. The molecule has 0 aromatic heterocycles. The average Bonchev–Trinajstić information content (AvgIpc) is 3.06. The molecular formula is C37H43N3O5S. The van der Waals surface area contributed by atoms with Gasteiger partial charge in [-0.3, -0.25) is 13.9 Å². The summed E-state index contributed by atoms with van der Waals surface area (Å²) in [6, 6.07) is 29.5. The number of ether oxygens (including phenoxy) is 1. The van der Waals surface area contributed by atoms with Crippen molar-refractivity contribution in [3.05, 3.63) is 125 Å². The quantitative estimate of drug-likeness (QED) is 0.159. The number of aryl methyl sites for hydroxylation is 2. The molecule has 0 aliphatic carbocycles. The molecule has 0 fully saturated rings. The Balaban J connectivity index is 1.80. The number of benzene rings is 4. The number of amides is 2. The minimum absolute atomic E-state index is 0.0527. The minimum atomic E-state index is -4.20. The monoisotopic (exact) mass is 641 g/mol. The number of methoxy groups -OCH3 is 1. The van der Waals surface area contributed by atoms with Crippen LogP contribution in [0.4, 0.5) is 5.69 Å². The van der Waals surface area contributed by atoms with Gasteiger partial charge in [-0.1, -0.05) is 97.3 Å². The molecule has 0 saturated carbocycles. The standard InChI is InChI=1S/C37H43N3O5S/c1-5-6-23-38-37(42)35(24-30-11-8-7-9-12-30)39(26-31-19-15-28(2)16-20-31)36(41)27-40(32-13-10-14-33(25-32)45-4)46(43,44)34-21-17-29(3)18-22-34/h7-22,25,35H,5-6,23-24,26-27H2,1-4H3,(H,38,42). The number of carbonyl (C=O) groups is 2. The minimum Gasteiger partial charge on any atom is -0.497 e. The van der Waals surface area contributed by atoms with E-state index in [0.29, 0.717) is 12.3 Å². The molecule has 1 N–H and O–H groups in total. The molecule has 1 atom stereocenters. The van der Waals surface area contributed by atoms with E-state index in [1.807, 2.05) is 75.4 Å². The third kappa shape index (κ3) is 8.97. The Labute approximate surface area is 273 Å². The van der Waals surface area contributed by atoms with Gasteiger partial charge in [0.15, 0.2) is 0 Å². The first-order valence-electron chi connectivity index (χ1n) is 15.5. The van der Waals surface area contributed by atoms with Crippen molar-refractivity contribution in [2.45, 2.75) is 57.5 Å². The maximum Gasteiger partial charge on any atom is 0.264 e. The predicted molar refractivity (Wildman–Crippen MR) is 182 cm³/mol. The van der Waals surface area contributed by atoms with E-state index < -0.39 is 28.5 Å². The van der Waals surface area contributed by atoms with Crippen LogP contribution in [-0.2, 0) is 32.6 Å². The van der Waals surface area contributed by atoms with Gasteiger partial charge >= 0.3 is 0 Å². The van der Waals surface area contributed by atoms with Crippen LogP contribution in [0.2, 0.25) is 0 Å². The van der Waals surface area contributed by atoms with E-state index in [1.54, 1.807) is 36.4 Å². The van der Waals surface area contributed by atoms with Crippen LogP contribution >= 0.6 is 0 Å². The lowest BCUT2D eigenvalue weighted by molar-refractivity contribution is -0.140. The number of carbonyl (C=O) groups excluding carboxylic acids is 2. The van der Waals surface area contributed by atoms with Crippen molar-refractivity contribution >= 4 is 27.5 Å². The van der Waals surface area contributed by atoms with Gasteiger partial charge in [0.05, 0.1) is 17.7 Å². The first kappa shape index (κ1) is 34.2. The number of nitrogens with zero attached hydrogens (tertiary/aromatic N) is 2. The van der Waals surface area contributed by atoms with Crippen LogP contribution in [-0.4, -0.2) is 51.4 Å². The fourth-order valence-electron chi connectivity index (χ4n) is 5.08. The van der Waals surface area contributed by atoms with E-state index in [1.165, 1.54) is 24.1 Å². The van der Waals surface area contributed by atoms with Crippen molar-refractivity contribution in [1.82, 2.24) is 10.2 Å². The predicted octanol–water partition coefficient (Wildman–Crippen LogP) is 6.06. The number of sulfonamides is 1. The SMILES string of the molecule is CCCCNC(=O)C(Cc1ccccc1)N(Cc1ccc(C)cc1)C(=O)CN(c1cccc(OC)c1)S(=O)(=O)c1ccc(C)cc1. The highest BCUT2D eigenvalue weighted by atomic mass is 32.2. The van der Waals surface area contributed by atoms with Crippen molar-refractivity contribution in [1.29, 1.82) is 0 Å². The summed E-state index contributed by atoms with van der Waals surface area (Å²) in [6.45, 7) is 5.97. The molecular weight excluding hydrogens is 598 g/mol. The van der Waals surface area contributed by atoms with Gasteiger partial charge in [0.2, 0.25) is 11.8 Å². The van der Waals surface area contributed by atoms with Gasteiger partial charge in [-0.15, -0.1) is 0 Å².